The van der Waals surface area contributed by atoms with Gasteiger partial charge in [0.25, 0.3) is 0 Å². The topological polar surface area (TPSA) is 107 Å². The Morgan fingerprint density at radius 1 is 0.976 bits per heavy atom. The van der Waals surface area contributed by atoms with Crippen LogP contribution in [0.2, 0.25) is 0 Å². The monoisotopic (exact) mass is 547 g/mol. The van der Waals surface area contributed by atoms with E-state index in [0.717, 1.165) is 46.4 Å². The maximum Gasteiger partial charge on any atom is 0.228 e. The molecule has 2 aromatic carbocycles. The first-order chi connectivity index (χ1) is 20.1. The van der Waals surface area contributed by atoms with E-state index in [2.05, 4.69) is 42.5 Å². The summed E-state index contributed by atoms with van der Waals surface area (Å²) in [7, 11) is 0. The summed E-state index contributed by atoms with van der Waals surface area (Å²) in [6.45, 7) is 0.780. The normalized spacial score (nSPS) is 22.0. The standard InChI is InChI=1S/C32H30FN7O/c33-26-9-5-4-8-23(26)22-10-11-35-32-24(22)14-28(38-32)31-25-15-27(36-18-29(25)39-40-31)20-13-21(17-34-16-20)37-30(41)12-19-6-2-1-3-7-19/h1-11,13-14,16-17,25,27,29,31,36,39-40H,12,15,18H2,(H,35,38)(H,37,41). The molecule has 5 heterocycles. The van der Waals surface area contributed by atoms with Crippen molar-refractivity contribution >= 4 is 22.6 Å². The van der Waals surface area contributed by atoms with Gasteiger partial charge in [0.05, 0.1) is 24.3 Å². The predicted octanol–water partition coefficient (Wildman–Crippen LogP) is 4.81. The van der Waals surface area contributed by atoms with Crippen LogP contribution in [0.15, 0.2) is 91.4 Å². The van der Waals surface area contributed by atoms with E-state index in [-0.39, 0.29) is 35.8 Å². The van der Waals surface area contributed by atoms with Crippen LogP contribution in [0.25, 0.3) is 22.2 Å². The Labute approximate surface area is 236 Å². The summed E-state index contributed by atoms with van der Waals surface area (Å²) in [4.78, 5) is 25.1. The first-order valence-electron chi connectivity index (χ1n) is 13.9. The number of hydrazine groups is 1. The average molecular weight is 548 g/mol. The third-order valence-electron chi connectivity index (χ3n) is 8.17. The number of piperidine rings is 1. The molecule has 0 spiro atoms. The van der Waals surface area contributed by atoms with Crippen molar-refractivity contribution in [1.29, 1.82) is 0 Å². The van der Waals surface area contributed by atoms with E-state index in [4.69, 9.17) is 0 Å². The van der Waals surface area contributed by atoms with Gasteiger partial charge in [0.15, 0.2) is 0 Å². The van der Waals surface area contributed by atoms with E-state index >= 15 is 0 Å². The largest absolute Gasteiger partial charge is 0.342 e. The Hall–Kier alpha value is -4.44. The zero-order chi connectivity index (χ0) is 27.8. The SMILES string of the molecule is O=C(Cc1ccccc1)Nc1cncc(C2CC3C(CN2)NNC3c2cc3c(-c4ccccc4F)ccnc3[nH]2)c1. The van der Waals surface area contributed by atoms with Crippen molar-refractivity contribution < 1.29 is 9.18 Å². The van der Waals surface area contributed by atoms with Crippen LogP contribution in [0.4, 0.5) is 10.1 Å². The Morgan fingerprint density at radius 2 is 1.83 bits per heavy atom. The molecule has 0 aliphatic carbocycles. The molecule has 4 unspecified atom stereocenters. The fourth-order valence-corrected chi connectivity index (χ4v) is 6.17. The van der Waals surface area contributed by atoms with E-state index in [1.165, 1.54) is 6.07 Å². The van der Waals surface area contributed by atoms with Gasteiger partial charge < -0.3 is 15.6 Å². The third-order valence-corrected chi connectivity index (χ3v) is 8.17. The van der Waals surface area contributed by atoms with Gasteiger partial charge in [0.1, 0.15) is 11.5 Å². The van der Waals surface area contributed by atoms with Crippen LogP contribution < -0.4 is 21.5 Å². The van der Waals surface area contributed by atoms with E-state index < -0.39 is 0 Å². The van der Waals surface area contributed by atoms with Crippen molar-refractivity contribution in [2.24, 2.45) is 5.92 Å². The van der Waals surface area contributed by atoms with Crippen molar-refractivity contribution in [3.8, 4) is 11.1 Å². The minimum atomic E-state index is -0.253. The second-order valence-electron chi connectivity index (χ2n) is 10.8. The van der Waals surface area contributed by atoms with E-state index in [0.29, 0.717) is 17.7 Å². The summed E-state index contributed by atoms with van der Waals surface area (Å²) in [5.74, 6) is -0.0439. The molecule has 0 saturated carbocycles. The van der Waals surface area contributed by atoms with Crippen LogP contribution in [-0.2, 0) is 11.2 Å². The highest BCUT2D eigenvalue weighted by Crippen LogP contribution is 2.40. The van der Waals surface area contributed by atoms with Gasteiger partial charge in [-0.3, -0.25) is 15.2 Å². The lowest BCUT2D eigenvalue weighted by atomic mass is 9.81. The summed E-state index contributed by atoms with van der Waals surface area (Å²) in [5, 5.41) is 7.53. The molecule has 4 atom stereocenters. The van der Waals surface area contributed by atoms with E-state index in [1.54, 1.807) is 24.5 Å². The summed E-state index contributed by atoms with van der Waals surface area (Å²) in [6.07, 6.45) is 6.44. The van der Waals surface area contributed by atoms with Crippen LogP contribution >= 0.6 is 0 Å². The lowest BCUT2D eigenvalue weighted by Crippen LogP contribution is -2.46. The number of H-pyrrole nitrogens is 1. The zero-order valence-corrected chi connectivity index (χ0v) is 22.3. The number of aromatic nitrogens is 3. The second-order valence-corrected chi connectivity index (χ2v) is 10.8. The van der Waals surface area contributed by atoms with Crippen LogP contribution in [-0.4, -0.2) is 33.4 Å². The highest BCUT2D eigenvalue weighted by atomic mass is 19.1. The molecule has 9 heteroatoms. The molecule has 0 radical (unpaired) electrons. The molecule has 3 aromatic heterocycles. The molecule has 2 fully saturated rings. The molecular weight excluding hydrogens is 517 g/mol. The Kier molecular flexibility index (Phi) is 6.76. The molecular formula is C32H30FN7O. The van der Waals surface area contributed by atoms with E-state index in [1.807, 2.05) is 54.7 Å². The number of pyridine rings is 2. The van der Waals surface area contributed by atoms with Gasteiger partial charge in [-0.2, -0.15) is 0 Å². The number of nitrogens with zero attached hydrogens (tertiary/aromatic N) is 2. The summed E-state index contributed by atoms with van der Waals surface area (Å²) in [6, 6.07) is 22.8. The Balaban J connectivity index is 1.10. The number of hydrogen-bond acceptors (Lipinski definition) is 6. The number of hydrogen-bond donors (Lipinski definition) is 5. The van der Waals surface area contributed by atoms with Gasteiger partial charge in [-0.1, -0.05) is 48.5 Å². The number of nitrogens with one attached hydrogen (secondary N) is 5. The Morgan fingerprint density at radius 3 is 2.71 bits per heavy atom. The molecule has 5 N–H and O–H groups in total. The molecule has 206 valence electrons. The fourth-order valence-electron chi connectivity index (χ4n) is 6.17. The van der Waals surface area contributed by atoms with Gasteiger partial charge in [0, 0.05) is 53.6 Å². The molecule has 41 heavy (non-hydrogen) atoms. The summed E-state index contributed by atoms with van der Waals surface area (Å²) < 4.78 is 14.6. The number of benzene rings is 2. The average Bonchev–Trinajstić information content (AvgIpc) is 3.62. The minimum Gasteiger partial charge on any atom is -0.342 e. The number of carbonyl (C=O) groups excluding carboxylic acids is 1. The number of carbonyl (C=O) groups is 1. The molecule has 2 aliphatic rings. The lowest BCUT2D eigenvalue weighted by Gasteiger charge is -2.34. The molecule has 2 aliphatic heterocycles. The number of aromatic amines is 1. The van der Waals surface area contributed by atoms with Gasteiger partial charge in [-0.05, 0) is 47.4 Å². The van der Waals surface area contributed by atoms with E-state index in [9.17, 15) is 9.18 Å². The van der Waals surface area contributed by atoms with Crippen LogP contribution in [0.1, 0.15) is 35.3 Å². The van der Waals surface area contributed by atoms with Crippen molar-refractivity contribution in [2.45, 2.75) is 31.0 Å². The van der Waals surface area contributed by atoms with Crippen molar-refractivity contribution in [3.63, 3.8) is 0 Å². The smallest absolute Gasteiger partial charge is 0.228 e. The van der Waals surface area contributed by atoms with Crippen LogP contribution in [0, 0.1) is 11.7 Å². The van der Waals surface area contributed by atoms with Crippen molar-refractivity contribution in [3.05, 3.63) is 114 Å². The highest BCUT2D eigenvalue weighted by Gasteiger charge is 2.42. The fraction of sp³-hybridized carbons (Fsp3) is 0.219. The highest BCUT2D eigenvalue weighted by molar-refractivity contribution is 5.94. The first-order valence-corrected chi connectivity index (χ1v) is 13.9. The third kappa shape index (κ3) is 5.11. The van der Waals surface area contributed by atoms with Crippen molar-refractivity contribution in [2.75, 3.05) is 11.9 Å². The molecule has 1 amide bonds. The zero-order valence-electron chi connectivity index (χ0n) is 22.3. The van der Waals surface area contributed by atoms with Gasteiger partial charge in [-0.25, -0.2) is 14.8 Å². The quantitative estimate of drug-likeness (QED) is 0.209. The number of halogens is 1. The molecule has 2 saturated heterocycles. The molecule has 8 nitrogen and oxygen atoms in total. The minimum absolute atomic E-state index is 0.0222. The van der Waals surface area contributed by atoms with Crippen LogP contribution in [0.3, 0.4) is 0 Å². The van der Waals surface area contributed by atoms with Gasteiger partial charge in [0.2, 0.25) is 5.91 Å². The maximum absolute atomic E-state index is 14.6. The summed E-state index contributed by atoms with van der Waals surface area (Å²) in [5.41, 5.74) is 12.8. The first kappa shape index (κ1) is 25.5. The number of rotatable bonds is 6. The van der Waals surface area contributed by atoms with Crippen molar-refractivity contribution in [1.82, 2.24) is 31.1 Å². The molecule has 5 aromatic rings. The molecule has 7 rings (SSSR count). The second kappa shape index (κ2) is 10.9. The number of amides is 1. The number of anilines is 1. The predicted molar refractivity (Wildman–Crippen MR) is 156 cm³/mol. The maximum atomic E-state index is 14.6. The van der Waals surface area contributed by atoms with Crippen LogP contribution in [0.5, 0.6) is 0 Å². The van der Waals surface area contributed by atoms with Gasteiger partial charge in [-0.15, -0.1) is 0 Å². The lowest BCUT2D eigenvalue weighted by molar-refractivity contribution is -0.115. The van der Waals surface area contributed by atoms with Gasteiger partial charge >= 0.3 is 0 Å². The Bertz CT molecular complexity index is 1710. The molecule has 0 bridgehead atoms. The number of fused-ring (bicyclic) bond motifs is 2. The summed E-state index contributed by atoms with van der Waals surface area (Å²) >= 11 is 0.